The van der Waals surface area contributed by atoms with Crippen LogP contribution in [-0.4, -0.2) is 24.9 Å². The second-order valence-electron chi connectivity index (χ2n) is 3.30. The number of benzene rings is 1. The molecule has 0 heterocycles. The van der Waals surface area contributed by atoms with Gasteiger partial charge in [0.15, 0.2) is 0 Å². The molecule has 0 spiro atoms. The second kappa shape index (κ2) is 5.00. The Balaban J connectivity index is 2.49. The van der Waals surface area contributed by atoms with E-state index in [1.54, 1.807) is 7.11 Å². The minimum atomic E-state index is -0.396. The summed E-state index contributed by atoms with van der Waals surface area (Å²) in [7, 11) is 1.60. The molecule has 2 heteroatoms. The molecule has 0 radical (unpaired) electrons. The highest BCUT2D eigenvalue weighted by atomic mass is 16.5. The zero-order chi connectivity index (χ0) is 9.68. The monoisotopic (exact) mass is 180 g/mol. The van der Waals surface area contributed by atoms with Crippen molar-refractivity contribution in [1.82, 2.24) is 0 Å². The highest BCUT2D eigenvalue weighted by Gasteiger charge is 2.03. The van der Waals surface area contributed by atoms with Crippen LogP contribution >= 0.6 is 0 Å². The molecule has 0 amide bonds. The number of aryl methyl sites for hydroxylation is 1. The first-order valence-corrected chi connectivity index (χ1v) is 4.45. The van der Waals surface area contributed by atoms with Crippen molar-refractivity contribution in [2.45, 2.75) is 19.4 Å². The fourth-order valence-electron chi connectivity index (χ4n) is 1.25. The zero-order valence-electron chi connectivity index (χ0n) is 8.16. The molecule has 1 atom stereocenters. The van der Waals surface area contributed by atoms with Gasteiger partial charge in [0.05, 0.1) is 12.7 Å². The predicted molar refractivity (Wildman–Crippen MR) is 52.8 cm³/mol. The van der Waals surface area contributed by atoms with Gasteiger partial charge in [-0.2, -0.15) is 0 Å². The number of methoxy groups -OCH3 is 1. The van der Waals surface area contributed by atoms with E-state index in [1.807, 2.05) is 12.1 Å². The molecule has 0 aliphatic heterocycles. The molecule has 2 nitrogen and oxygen atoms in total. The van der Waals surface area contributed by atoms with Crippen LogP contribution in [0.2, 0.25) is 0 Å². The van der Waals surface area contributed by atoms with Gasteiger partial charge in [0.2, 0.25) is 0 Å². The van der Waals surface area contributed by atoms with Crippen molar-refractivity contribution in [1.29, 1.82) is 0 Å². The van der Waals surface area contributed by atoms with Crippen LogP contribution in [0.3, 0.4) is 0 Å². The molecule has 0 bridgehead atoms. The van der Waals surface area contributed by atoms with Gasteiger partial charge in [0.25, 0.3) is 0 Å². The van der Waals surface area contributed by atoms with E-state index >= 15 is 0 Å². The number of hydrogen-bond donors (Lipinski definition) is 1. The van der Waals surface area contributed by atoms with Gasteiger partial charge in [0, 0.05) is 13.5 Å². The maximum absolute atomic E-state index is 9.45. The van der Waals surface area contributed by atoms with E-state index in [4.69, 9.17) is 4.74 Å². The van der Waals surface area contributed by atoms with Crippen molar-refractivity contribution in [3.63, 3.8) is 0 Å². The summed E-state index contributed by atoms with van der Waals surface area (Å²) in [5.41, 5.74) is 2.39. The summed E-state index contributed by atoms with van der Waals surface area (Å²) in [5, 5.41) is 9.45. The molecule has 1 unspecified atom stereocenters. The Morgan fingerprint density at radius 1 is 1.31 bits per heavy atom. The fraction of sp³-hybridized carbons (Fsp3) is 0.455. The molecule has 1 aromatic carbocycles. The van der Waals surface area contributed by atoms with E-state index in [0.717, 1.165) is 5.56 Å². The lowest BCUT2D eigenvalue weighted by Gasteiger charge is -2.08. The van der Waals surface area contributed by atoms with E-state index in [1.165, 1.54) is 5.56 Å². The third-order valence-corrected chi connectivity index (χ3v) is 1.95. The van der Waals surface area contributed by atoms with Gasteiger partial charge in [-0.1, -0.05) is 29.8 Å². The molecule has 72 valence electrons. The molecule has 1 rings (SSSR count). The van der Waals surface area contributed by atoms with Crippen LogP contribution in [0.5, 0.6) is 0 Å². The van der Waals surface area contributed by atoms with Crippen molar-refractivity contribution in [3.05, 3.63) is 35.4 Å². The maximum Gasteiger partial charge on any atom is 0.0813 e. The third kappa shape index (κ3) is 3.57. The van der Waals surface area contributed by atoms with E-state index < -0.39 is 6.10 Å². The molecule has 13 heavy (non-hydrogen) atoms. The van der Waals surface area contributed by atoms with Crippen molar-refractivity contribution in [2.75, 3.05) is 13.7 Å². The molecule has 0 fully saturated rings. The topological polar surface area (TPSA) is 29.5 Å². The molecule has 0 saturated carbocycles. The molecule has 0 aliphatic rings. The van der Waals surface area contributed by atoms with Crippen LogP contribution in [0.1, 0.15) is 11.1 Å². The first-order valence-electron chi connectivity index (χ1n) is 4.45. The quantitative estimate of drug-likeness (QED) is 0.761. The summed E-state index contributed by atoms with van der Waals surface area (Å²) < 4.78 is 4.85. The number of aliphatic hydroxyl groups is 1. The second-order valence-corrected chi connectivity index (χ2v) is 3.30. The standard InChI is InChI=1S/C11H16O2/c1-9-3-5-10(6-4-9)7-11(12)8-13-2/h3-6,11-12H,7-8H2,1-2H3. The van der Waals surface area contributed by atoms with Crippen LogP contribution in [0, 0.1) is 6.92 Å². The average Bonchev–Trinajstić information content (AvgIpc) is 2.09. The van der Waals surface area contributed by atoms with Crippen LogP contribution < -0.4 is 0 Å². The number of rotatable bonds is 4. The van der Waals surface area contributed by atoms with Crippen LogP contribution in [0.4, 0.5) is 0 Å². The summed E-state index contributed by atoms with van der Waals surface area (Å²) in [6.07, 6.45) is 0.265. The van der Waals surface area contributed by atoms with Crippen molar-refractivity contribution in [3.8, 4) is 0 Å². The number of ether oxygens (including phenoxy) is 1. The van der Waals surface area contributed by atoms with E-state index in [9.17, 15) is 5.11 Å². The Bertz CT molecular complexity index is 241. The summed E-state index contributed by atoms with van der Waals surface area (Å²) in [6.45, 7) is 2.45. The van der Waals surface area contributed by atoms with E-state index in [0.29, 0.717) is 13.0 Å². The molecular weight excluding hydrogens is 164 g/mol. The Kier molecular flexibility index (Phi) is 3.93. The highest BCUT2D eigenvalue weighted by molar-refractivity contribution is 5.21. The van der Waals surface area contributed by atoms with Crippen molar-refractivity contribution in [2.24, 2.45) is 0 Å². The van der Waals surface area contributed by atoms with Gasteiger partial charge < -0.3 is 9.84 Å². The average molecular weight is 180 g/mol. The molecule has 0 aromatic heterocycles. The van der Waals surface area contributed by atoms with Crippen molar-refractivity contribution >= 4 is 0 Å². The normalized spacial score (nSPS) is 12.8. The fourth-order valence-corrected chi connectivity index (χ4v) is 1.25. The van der Waals surface area contributed by atoms with Crippen LogP contribution in [-0.2, 0) is 11.2 Å². The SMILES string of the molecule is COCC(O)Cc1ccc(C)cc1. The van der Waals surface area contributed by atoms with Crippen LogP contribution in [0.15, 0.2) is 24.3 Å². The first kappa shape index (κ1) is 10.2. The van der Waals surface area contributed by atoms with Gasteiger partial charge >= 0.3 is 0 Å². The summed E-state index contributed by atoms with van der Waals surface area (Å²) in [5.74, 6) is 0. The lowest BCUT2D eigenvalue weighted by Crippen LogP contribution is -2.16. The minimum absolute atomic E-state index is 0.396. The first-order chi connectivity index (χ1) is 6.22. The molecule has 0 aliphatic carbocycles. The predicted octanol–water partition coefficient (Wildman–Crippen LogP) is 1.54. The number of hydrogen-bond acceptors (Lipinski definition) is 2. The molecular formula is C11H16O2. The lowest BCUT2D eigenvalue weighted by atomic mass is 10.1. The Labute approximate surface area is 79.2 Å². The highest BCUT2D eigenvalue weighted by Crippen LogP contribution is 2.06. The van der Waals surface area contributed by atoms with E-state index in [-0.39, 0.29) is 0 Å². The summed E-state index contributed by atoms with van der Waals surface area (Å²) in [4.78, 5) is 0. The Hall–Kier alpha value is -0.860. The number of aliphatic hydroxyl groups excluding tert-OH is 1. The summed E-state index contributed by atoms with van der Waals surface area (Å²) >= 11 is 0. The Morgan fingerprint density at radius 3 is 2.46 bits per heavy atom. The molecule has 0 saturated heterocycles. The lowest BCUT2D eigenvalue weighted by molar-refractivity contribution is 0.0650. The van der Waals surface area contributed by atoms with Crippen molar-refractivity contribution < 1.29 is 9.84 Å². The third-order valence-electron chi connectivity index (χ3n) is 1.95. The Morgan fingerprint density at radius 2 is 1.92 bits per heavy atom. The zero-order valence-corrected chi connectivity index (χ0v) is 8.16. The van der Waals surface area contributed by atoms with Crippen LogP contribution in [0.25, 0.3) is 0 Å². The smallest absolute Gasteiger partial charge is 0.0813 e. The molecule has 1 N–H and O–H groups in total. The van der Waals surface area contributed by atoms with Gasteiger partial charge in [-0.05, 0) is 12.5 Å². The maximum atomic E-state index is 9.45. The largest absolute Gasteiger partial charge is 0.390 e. The van der Waals surface area contributed by atoms with E-state index in [2.05, 4.69) is 19.1 Å². The van der Waals surface area contributed by atoms with Gasteiger partial charge in [0.1, 0.15) is 0 Å². The summed E-state index contributed by atoms with van der Waals surface area (Å²) in [6, 6.07) is 8.17. The van der Waals surface area contributed by atoms with Gasteiger partial charge in [-0.25, -0.2) is 0 Å². The molecule has 1 aromatic rings. The van der Waals surface area contributed by atoms with Gasteiger partial charge in [-0.15, -0.1) is 0 Å². The minimum Gasteiger partial charge on any atom is -0.390 e. The van der Waals surface area contributed by atoms with Gasteiger partial charge in [-0.3, -0.25) is 0 Å².